The van der Waals surface area contributed by atoms with Gasteiger partial charge < -0.3 is 5.32 Å². The highest BCUT2D eigenvalue weighted by Crippen LogP contribution is 2.26. The van der Waals surface area contributed by atoms with Crippen LogP contribution < -0.4 is 5.32 Å². The van der Waals surface area contributed by atoms with Crippen LogP contribution in [0.3, 0.4) is 0 Å². The Morgan fingerprint density at radius 1 is 1.32 bits per heavy atom. The third-order valence-corrected chi connectivity index (χ3v) is 3.27. The Hall–Kier alpha value is -1.33. The SMILES string of the molecule is CCCNC(c1cncnc1)c1cc(Br)ccc1F. The van der Waals surface area contributed by atoms with Crippen molar-refractivity contribution < 1.29 is 4.39 Å². The number of hydrogen-bond donors (Lipinski definition) is 1. The van der Waals surface area contributed by atoms with E-state index in [0.29, 0.717) is 5.56 Å². The van der Waals surface area contributed by atoms with E-state index in [1.54, 1.807) is 24.5 Å². The lowest BCUT2D eigenvalue weighted by molar-refractivity contribution is 0.544. The first-order valence-corrected chi connectivity index (χ1v) is 6.95. The topological polar surface area (TPSA) is 37.8 Å². The molecule has 0 amide bonds. The number of benzene rings is 1. The van der Waals surface area contributed by atoms with Gasteiger partial charge in [0.05, 0.1) is 6.04 Å². The summed E-state index contributed by atoms with van der Waals surface area (Å²) in [6.07, 6.45) is 5.86. The summed E-state index contributed by atoms with van der Waals surface area (Å²) in [4.78, 5) is 8.01. The fourth-order valence-electron chi connectivity index (χ4n) is 1.89. The summed E-state index contributed by atoms with van der Waals surface area (Å²) in [6.45, 7) is 2.87. The Bertz CT molecular complexity index is 533. The van der Waals surface area contributed by atoms with Crippen LogP contribution in [0.5, 0.6) is 0 Å². The molecule has 2 rings (SSSR count). The molecule has 1 N–H and O–H groups in total. The van der Waals surface area contributed by atoms with Crippen molar-refractivity contribution in [1.82, 2.24) is 15.3 Å². The Kier molecular flexibility index (Phi) is 4.99. The van der Waals surface area contributed by atoms with E-state index in [1.165, 1.54) is 12.4 Å². The van der Waals surface area contributed by atoms with E-state index < -0.39 is 0 Å². The fraction of sp³-hybridized carbons (Fsp3) is 0.286. The van der Waals surface area contributed by atoms with Crippen molar-refractivity contribution >= 4 is 15.9 Å². The van der Waals surface area contributed by atoms with Crippen molar-refractivity contribution in [2.75, 3.05) is 6.54 Å². The second kappa shape index (κ2) is 6.73. The minimum Gasteiger partial charge on any atom is -0.306 e. The van der Waals surface area contributed by atoms with Gasteiger partial charge in [-0.05, 0) is 31.2 Å². The molecule has 2 aromatic rings. The molecule has 19 heavy (non-hydrogen) atoms. The molecule has 3 nitrogen and oxygen atoms in total. The molecular weight excluding hydrogens is 309 g/mol. The van der Waals surface area contributed by atoms with E-state index in [4.69, 9.17) is 0 Å². The number of nitrogens with one attached hydrogen (secondary N) is 1. The van der Waals surface area contributed by atoms with Crippen LogP contribution in [-0.4, -0.2) is 16.5 Å². The van der Waals surface area contributed by atoms with Gasteiger partial charge in [0.15, 0.2) is 0 Å². The Labute approximate surface area is 120 Å². The highest BCUT2D eigenvalue weighted by molar-refractivity contribution is 9.10. The molecule has 0 bridgehead atoms. The molecule has 1 atom stereocenters. The van der Waals surface area contributed by atoms with Gasteiger partial charge in [-0.3, -0.25) is 0 Å². The second-order valence-electron chi connectivity index (χ2n) is 4.22. The average molecular weight is 324 g/mol. The zero-order valence-electron chi connectivity index (χ0n) is 10.6. The lowest BCUT2D eigenvalue weighted by Gasteiger charge is -2.19. The Balaban J connectivity index is 2.40. The molecular formula is C14H15BrFN3. The third-order valence-electron chi connectivity index (χ3n) is 2.78. The summed E-state index contributed by atoms with van der Waals surface area (Å²) in [7, 11) is 0. The van der Waals surface area contributed by atoms with E-state index in [-0.39, 0.29) is 11.9 Å². The van der Waals surface area contributed by atoms with Crippen LogP contribution in [0.2, 0.25) is 0 Å². The van der Waals surface area contributed by atoms with Gasteiger partial charge in [-0.25, -0.2) is 14.4 Å². The molecule has 0 radical (unpaired) electrons. The maximum atomic E-state index is 14.0. The van der Waals surface area contributed by atoms with Crippen molar-refractivity contribution in [3.63, 3.8) is 0 Å². The first-order valence-electron chi connectivity index (χ1n) is 6.15. The lowest BCUT2D eigenvalue weighted by atomic mass is 10.0. The summed E-state index contributed by atoms with van der Waals surface area (Å²) in [5.74, 6) is -0.236. The fourth-order valence-corrected chi connectivity index (χ4v) is 2.27. The third kappa shape index (κ3) is 3.58. The largest absolute Gasteiger partial charge is 0.306 e. The first kappa shape index (κ1) is 14.1. The predicted molar refractivity (Wildman–Crippen MR) is 76.3 cm³/mol. The molecule has 0 saturated carbocycles. The minimum atomic E-state index is -0.237. The van der Waals surface area contributed by atoms with Crippen molar-refractivity contribution in [2.45, 2.75) is 19.4 Å². The highest BCUT2D eigenvalue weighted by Gasteiger charge is 2.18. The van der Waals surface area contributed by atoms with E-state index in [1.807, 2.05) is 0 Å². The van der Waals surface area contributed by atoms with Crippen molar-refractivity contribution in [2.24, 2.45) is 0 Å². The molecule has 100 valence electrons. The van der Waals surface area contributed by atoms with Gasteiger partial charge in [-0.2, -0.15) is 0 Å². The molecule has 1 aromatic heterocycles. The smallest absolute Gasteiger partial charge is 0.128 e. The summed E-state index contributed by atoms with van der Waals surface area (Å²) in [5, 5.41) is 3.33. The summed E-state index contributed by atoms with van der Waals surface area (Å²) < 4.78 is 14.9. The maximum Gasteiger partial charge on any atom is 0.128 e. The average Bonchev–Trinajstić information content (AvgIpc) is 2.44. The van der Waals surface area contributed by atoms with Crippen LogP contribution in [0.15, 0.2) is 41.4 Å². The van der Waals surface area contributed by atoms with Gasteiger partial charge >= 0.3 is 0 Å². The molecule has 1 unspecified atom stereocenters. The van der Waals surface area contributed by atoms with E-state index in [9.17, 15) is 4.39 Å². The van der Waals surface area contributed by atoms with Crippen LogP contribution in [0.1, 0.15) is 30.5 Å². The number of aromatic nitrogens is 2. The quantitative estimate of drug-likeness (QED) is 0.915. The van der Waals surface area contributed by atoms with Crippen molar-refractivity contribution in [3.8, 4) is 0 Å². The van der Waals surface area contributed by atoms with E-state index in [2.05, 4.69) is 38.1 Å². The number of rotatable bonds is 5. The van der Waals surface area contributed by atoms with Gasteiger partial charge in [0.25, 0.3) is 0 Å². The molecule has 0 fully saturated rings. The molecule has 5 heteroatoms. The lowest BCUT2D eigenvalue weighted by Crippen LogP contribution is -2.24. The van der Waals surface area contributed by atoms with E-state index >= 15 is 0 Å². The standard InChI is InChI=1S/C14H15BrFN3/c1-2-5-19-14(10-7-17-9-18-8-10)12-6-11(15)3-4-13(12)16/h3-4,6-9,14,19H,2,5H2,1H3. The van der Waals surface area contributed by atoms with Gasteiger partial charge in [0.2, 0.25) is 0 Å². The minimum absolute atomic E-state index is 0.236. The monoisotopic (exact) mass is 323 g/mol. The molecule has 0 saturated heterocycles. The van der Waals surface area contributed by atoms with Gasteiger partial charge in [0, 0.05) is 28.0 Å². The van der Waals surface area contributed by atoms with Gasteiger partial charge in [-0.1, -0.05) is 22.9 Å². The molecule has 0 aliphatic heterocycles. The van der Waals surface area contributed by atoms with Crippen LogP contribution in [0, 0.1) is 5.82 Å². The molecule has 1 heterocycles. The van der Waals surface area contributed by atoms with Crippen LogP contribution in [0.25, 0.3) is 0 Å². The molecule has 0 aliphatic rings. The summed E-state index contributed by atoms with van der Waals surface area (Å²) >= 11 is 3.38. The summed E-state index contributed by atoms with van der Waals surface area (Å²) in [5.41, 5.74) is 1.45. The number of halogens is 2. The predicted octanol–water partition coefficient (Wildman–Crippen LogP) is 3.47. The van der Waals surface area contributed by atoms with Crippen molar-refractivity contribution in [3.05, 3.63) is 58.3 Å². The summed E-state index contributed by atoms with van der Waals surface area (Å²) in [6, 6.07) is 4.70. The van der Waals surface area contributed by atoms with E-state index in [0.717, 1.165) is 23.0 Å². The highest BCUT2D eigenvalue weighted by atomic mass is 79.9. The first-order chi connectivity index (χ1) is 9.22. The Morgan fingerprint density at radius 2 is 2.05 bits per heavy atom. The van der Waals surface area contributed by atoms with Gasteiger partial charge in [0.1, 0.15) is 12.1 Å². The number of nitrogens with zero attached hydrogens (tertiary/aromatic N) is 2. The Morgan fingerprint density at radius 3 is 2.74 bits per heavy atom. The van der Waals surface area contributed by atoms with Crippen LogP contribution in [-0.2, 0) is 0 Å². The van der Waals surface area contributed by atoms with Crippen molar-refractivity contribution in [1.29, 1.82) is 0 Å². The van der Waals surface area contributed by atoms with Crippen LogP contribution >= 0.6 is 15.9 Å². The second-order valence-corrected chi connectivity index (χ2v) is 5.14. The van der Waals surface area contributed by atoms with Crippen LogP contribution in [0.4, 0.5) is 4.39 Å². The maximum absolute atomic E-state index is 14.0. The molecule has 0 spiro atoms. The zero-order chi connectivity index (χ0) is 13.7. The molecule has 1 aromatic carbocycles. The van der Waals surface area contributed by atoms with Gasteiger partial charge in [-0.15, -0.1) is 0 Å². The zero-order valence-corrected chi connectivity index (χ0v) is 12.2. The number of hydrogen-bond acceptors (Lipinski definition) is 3. The molecule has 0 aliphatic carbocycles. The normalized spacial score (nSPS) is 12.4.